The number of thioether (sulfide) groups is 1. The van der Waals surface area contributed by atoms with Crippen molar-refractivity contribution in [2.75, 3.05) is 22.1 Å². The molecule has 2 atom stereocenters. The molecule has 10 nitrogen and oxygen atoms in total. The molecule has 2 N–H and O–H groups in total. The summed E-state index contributed by atoms with van der Waals surface area (Å²) in [6, 6.07) is 48.6. The molecule has 60 heavy (non-hydrogen) atoms. The molecule has 8 rings (SSSR count). The van der Waals surface area contributed by atoms with Crippen molar-refractivity contribution in [1.29, 1.82) is 0 Å². The van der Waals surface area contributed by atoms with E-state index in [4.69, 9.17) is 14.6 Å². The third-order valence-corrected chi connectivity index (χ3v) is 13.3. The van der Waals surface area contributed by atoms with Gasteiger partial charge in [0.2, 0.25) is 0 Å². The molecule has 13 heteroatoms. The fraction of sp³-hybridized carbons (Fsp3) is 0.170. The van der Waals surface area contributed by atoms with E-state index in [1.165, 1.54) is 28.0 Å². The smallest absolute Gasteiger partial charge is 0.356 e. The van der Waals surface area contributed by atoms with Crippen molar-refractivity contribution in [3.8, 4) is 0 Å². The molecular formula is C47H40IN5O5S2. The Balaban J connectivity index is 1.04. The van der Waals surface area contributed by atoms with Gasteiger partial charge in [0.15, 0.2) is 16.9 Å². The predicted octanol–water partition coefficient (Wildman–Crippen LogP) is 8.71. The molecule has 0 spiro atoms. The number of ether oxygens (including phenoxy) is 1. The summed E-state index contributed by atoms with van der Waals surface area (Å²) in [7, 11) is 0. The number of amides is 2. The fourth-order valence-electron chi connectivity index (χ4n) is 7.45. The molecule has 0 aliphatic carbocycles. The minimum absolute atomic E-state index is 0.0744. The zero-order valence-electron chi connectivity index (χ0n) is 32.4. The third-order valence-electron chi connectivity index (χ3n) is 10.3. The van der Waals surface area contributed by atoms with Crippen LogP contribution in [0.3, 0.4) is 0 Å². The molecule has 2 amide bonds. The summed E-state index contributed by atoms with van der Waals surface area (Å²) >= 11 is 5.02. The van der Waals surface area contributed by atoms with Crippen molar-refractivity contribution in [2.24, 2.45) is 5.16 Å². The van der Waals surface area contributed by atoms with E-state index < -0.39 is 40.8 Å². The molecule has 6 aromatic rings. The Kier molecular flexibility index (Phi) is 12.7. The van der Waals surface area contributed by atoms with E-state index in [2.05, 4.69) is 74.8 Å². The molecule has 3 heterocycles. The third kappa shape index (κ3) is 8.21. The largest absolute Gasteiger partial charge is 0.448 e. The first-order chi connectivity index (χ1) is 29.4. The summed E-state index contributed by atoms with van der Waals surface area (Å²) in [6.07, 6.45) is -0.684. The molecule has 1 aromatic heterocycles. The van der Waals surface area contributed by atoms with E-state index in [9.17, 15) is 14.4 Å². The average molecular weight is 946 g/mol. The molecule has 0 bridgehead atoms. The molecule has 2 aliphatic heterocycles. The highest BCUT2D eigenvalue weighted by molar-refractivity contribution is 14.1. The number of rotatable bonds is 15. The molecule has 0 saturated carbocycles. The molecule has 1 saturated heterocycles. The van der Waals surface area contributed by atoms with Gasteiger partial charge in [0.25, 0.3) is 11.8 Å². The van der Waals surface area contributed by atoms with Crippen molar-refractivity contribution >= 4 is 74.3 Å². The zero-order valence-corrected chi connectivity index (χ0v) is 36.2. The molecule has 1 unspecified atom stereocenters. The van der Waals surface area contributed by atoms with Gasteiger partial charge in [-0.25, -0.2) is 9.78 Å². The number of carbonyl (C=O) groups excluding carboxylic acids is 3. The number of fused-ring (bicyclic) bond motifs is 1. The lowest BCUT2D eigenvalue weighted by atomic mass is 9.77. The first-order valence-electron chi connectivity index (χ1n) is 19.4. The normalized spacial score (nSPS) is 16.5. The number of hydrogen-bond donors (Lipinski definition) is 2. The van der Waals surface area contributed by atoms with Gasteiger partial charge in [-0.15, -0.1) is 23.1 Å². The minimum atomic E-state index is -0.926. The van der Waals surface area contributed by atoms with Gasteiger partial charge in [-0.05, 0) is 40.3 Å². The number of aromatic nitrogens is 1. The number of carbonyl (C=O) groups is 3. The highest BCUT2D eigenvalue weighted by Gasteiger charge is 2.55. The standard InChI is InChI=1S/C47H40IN5O5S2/c1-2-57-52-38(37-30-60-46(49-37)51-47(34-22-12-5-13-23-34,35-24-14-6-15-25-35)36-26-16-7-17-27-36)42(54)50-39-43(55)53-40(33(28-48)29-59-44(39)53)45(56)58-41(31-18-8-3-9-19-31)32-20-10-4-11-21-32/h3-27,30,39,41,44H,2,28-29H2,1H3,(H,49,51)(H,50,54)/b52-38-/t39?,44-/m1/s1. The van der Waals surface area contributed by atoms with Crippen molar-refractivity contribution in [3.05, 3.63) is 202 Å². The summed E-state index contributed by atoms with van der Waals surface area (Å²) in [6.45, 7) is 1.98. The maximum absolute atomic E-state index is 14.2. The van der Waals surface area contributed by atoms with Gasteiger partial charge in [0.1, 0.15) is 35.0 Å². The number of hydrogen-bond acceptors (Lipinski definition) is 10. The topological polar surface area (TPSA) is 122 Å². The first kappa shape index (κ1) is 41.0. The number of oxime groups is 1. The lowest BCUT2D eigenvalue weighted by Gasteiger charge is -2.49. The second-order valence-electron chi connectivity index (χ2n) is 13.9. The second kappa shape index (κ2) is 18.7. The number of esters is 1. The number of halogens is 1. The van der Waals surface area contributed by atoms with Crippen LogP contribution in [0.2, 0.25) is 0 Å². The highest BCUT2D eigenvalue weighted by Crippen LogP contribution is 2.43. The lowest BCUT2D eigenvalue weighted by molar-refractivity contribution is -0.154. The highest BCUT2D eigenvalue weighted by atomic mass is 127. The number of benzene rings is 5. The quantitative estimate of drug-likeness (QED) is 0.0200. The fourth-order valence-corrected chi connectivity index (χ4v) is 10.5. The van der Waals surface area contributed by atoms with Crippen LogP contribution < -0.4 is 10.6 Å². The first-order valence-corrected chi connectivity index (χ1v) is 22.8. The zero-order chi connectivity index (χ0) is 41.5. The van der Waals surface area contributed by atoms with E-state index in [1.54, 1.807) is 12.3 Å². The van der Waals surface area contributed by atoms with Crippen molar-refractivity contribution in [2.45, 2.75) is 30.0 Å². The van der Waals surface area contributed by atoms with Crippen molar-refractivity contribution in [1.82, 2.24) is 15.2 Å². The van der Waals surface area contributed by atoms with Gasteiger partial charge < -0.3 is 20.2 Å². The molecule has 302 valence electrons. The number of alkyl halides is 1. The van der Waals surface area contributed by atoms with Crippen LogP contribution in [0.5, 0.6) is 0 Å². The summed E-state index contributed by atoms with van der Waals surface area (Å²) in [5.41, 5.74) is 4.98. The number of nitrogens with one attached hydrogen (secondary N) is 2. The van der Waals surface area contributed by atoms with E-state index in [0.29, 0.717) is 15.3 Å². The average Bonchev–Trinajstić information content (AvgIpc) is 3.77. The summed E-state index contributed by atoms with van der Waals surface area (Å²) in [5.74, 6) is -1.15. The maximum Gasteiger partial charge on any atom is 0.356 e. The van der Waals surface area contributed by atoms with Crippen LogP contribution in [0.1, 0.15) is 46.5 Å². The Bertz CT molecular complexity index is 2370. The van der Waals surface area contributed by atoms with Crippen LogP contribution in [-0.2, 0) is 29.5 Å². The van der Waals surface area contributed by atoms with Crippen LogP contribution >= 0.6 is 45.7 Å². The lowest BCUT2D eigenvalue weighted by Crippen LogP contribution is -2.71. The molecule has 1 fully saturated rings. The van der Waals surface area contributed by atoms with Gasteiger partial charge in [-0.3, -0.25) is 14.5 Å². The van der Waals surface area contributed by atoms with Crippen LogP contribution in [0.15, 0.2) is 173 Å². The number of nitrogens with zero attached hydrogens (tertiary/aromatic N) is 3. The van der Waals surface area contributed by atoms with Crippen LogP contribution in [0.25, 0.3) is 0 Å². The Morgan fingerprint density at radius 3 is 1.85 bits per heavy atom. The summed E-state index contributed by atoms with van der Waals surface area (Å²) in [5, 5.41) is 12.6. The van der Waals surface area contributed by atoms with E-state index >= 15 is 0 Å². The van der Waals surface area contributed by atoms with Crippen molar-refractivity contribution in [3.63, 3.8) is 0 Å². The van der Waals surface area contributed by atoms with Gasteiger partial charge in [0.05, 0.1) is 0 Å². The number of β-lactam (4-membered cyclic amide) rings is 1. The summed E-state index contributed by atoms with van der Waals surface area (Å²) < 4.78 is 6.76. The number of anilines is 1. The van der Waals surface area contributed by atoms with Crippen LogP contribution in [0, 0.1) is 0 Å². The van der Waals surface area contributed by atoms with E-state index in [-0.39, 0.29) is 23.7 Å². The monoisotopic (exact) mass is 945 g/mol. The van der Waals surface area contributed by atoms with E-state index in [1.807, 2.05) is 115 Å². The Morgan fingerprint density at radius 1 is 0.833 bits per heavy atom. The van der Waals surface area contributed by atoms with Crippen LogP contribution in [0.4, 0.5) is 5.13 Å². The van der Waals surface area contributed by atoms with Crippen molar-refractivity contribution < 1.29 is 24.0 Å². The molecule has 0 radical (unpaired) electrons. The SMILES string of the molecule is CCO/N=C(\C(=O)NC1C(=O)N2C(C(=O)OC(c3ccccc3)c3ccccc3)=C(CI)CS[C@H]12)c1csc(NC(c2ccccc2)(c2ccccc2)c2ccccc2)n1. The Morgan fingerprint density at radius 2 is 1.35 bits per heavy atom. The van der Waals surface area contributed by atoms with Gasteiger partial charge >= 0.3 is 5.97 Å². The van der Waals surface area contributed by atoms with E-state index in [0.717, 1.165) is 33.4 Å². The molecule has 5 aromatic carbocycles. The second-order valence-corrected chi connectivity index (χ2v) is 16.6. The van der Waals surface area contributed by atoms with Gasteiger partial charge in [0, 0.05) is 15.6 Å². The summed E-state index contributed by atoms with van der Waals surface area (Å²) in [4.78, 5) is 54.1. The minimum Gasteiger partial charge on any atom is -0.448 e. The number of thiazole rings is 1. The Hall–Kier alpha value is -5.77. The van der Waals surface area contributed by atoms with Gasteiger partial charge in [-0.1, -0.05) is 179 Å². The predicted molar refractivity (Wildman–Crippen MR) is 245 cm³/mol. The van der Waals surface area contributed by atoms with Crippen LogP contribution in [-0.4, -0.2) is 61.6 Å². The molecular weight excluding hydrogens is 906 g/mol. The van der Waals surface area contributed by atoms with Gasteiger partial charge in [-0.2, -0.15) is 0 Å². The Labute approximate surface area is 370 Å². The maximum atomic E-state index is 14.2. The molecule has 2 aliphatic rings.